The number of nitrogens with zero attached hydrogens (tertiary/aromatic N) is 3. The van der Waals surface area contributed by atoms with Gasteiger partial charge in [0.05, 0.1) is 15.4 Å². The fourth-order valence-corrected chi connectivity index (χ4v) is 3.76. The normalized spacial score (nSPS) is 12.2. The van der Waals surface area contributed by atoms with Gasteiger partial charge in [0, 0.05) is 30.5 Å². The van der Waals surface area contributed by atoms with Gasteiger partial charge in [-0.3, -0.25) is 4.98 Å². The van der Waals surface area contributed by atoms with Crippen LogP contribution in [-0.2, 0) is 16.4 Å². The van der Waals surface area contributed by atoms with Gasteiger partial charge in [0.25, 0.3) is 0 Å². The fraction of sp³-hybridized carbons (Fsp3) is 0.312. The van der Waals surface area contributed by atoms with Crippen LogP contribution < -0.4 is 4.72 Å². The van der Waals surface area contributed by atoms with Crippen molar-refractivity contribution in [2.45, 2.75) is 31.1 Å². The van der Waals surface area contributed by atoms with E-state index in [-0.39, 0.29) is 17.4 Å². The smallest absolute Gasteiger partial charge is 0.241 e. The molecule has 0 bridgehead atoms. The van der Waals surface area contributed by atoms with Gasteiger partial charge in [0.1, 0.15) is 0 Å². The standard InChI is InChI=1S/C16H17ClN4O3S/c1-10(2)16-20-14(24-21-16)7-9-19-25(22,23)13-6-5-12(17)15-11(13)4-3-8-18-15/h3-6,8,10,19H,7,9H2,1-2H3. The Bertz CT molecular complexity index is 1000. The number of benzene rings is 1. The molecule has 25 heavy (non-hydrogen) atoms. The second kappa shape index (κ2) is 7.07. The minimum atomic E-state index is -3.72. The van der Waals surface area contributed by atoms with E-state index >= 15 is 0 Å². The number of fused-ring (bicyclic) bond motifs is 1. The Morgan fingerprint density at radius 3 is 2.80 bits per heavy atom. The Labute approximate surface area is 150 Å². The first-order valence-electron chi connectivity index (χ1n) is 7.74. The first-order valence-corrected chi connectivity index (χ1v) is 9.60. The Kier molecular flexibility index (Phi) is 5.03. The lowest BCUT2D eigenvalue weighted by atomic mass is 10.2. The number of nitrogens with one attached hydrogen (secondary N) is 1. The molecule has 0 amide bonds. The molecule has 2 aromatic heterocycles. The van der Waals surface area contributed by atoms with Crippen LogP contribution in [0.4, 0.5) is 0 Å². The summed E-state index contributed by atoms with van der Waals surface area (Å²) in [4.78, 5) is 8.50. The van der Waals surface area contributed by atoms with Crippen LogP contribution in [0.2, 0.25) is 5.02 Å². The maximum absolute atomic E-state index is 12.6. The predicted molar refractivity (Wildman–Crippen MR) is 94.0 cm³/mol. The topological polar surface area (TPSA) is 98.0 Å². The molecule has 7 nitrogen and oxygen atoms in total. The van der Waals surface area contributed by atoms with Crippen molar-refractivity contribution in [1.29, 1.82) is 0 Å². The second-order valence-electron chi connectivity index (χ2n) is 5.79. The number of aromatic nitrogens is 3. The molecule has 3 aromatic rings. The van der Waals surface area contributed by atoms with Crippen LogP contribution in [0.15, 0.2) is 39.9 Å². The number of hydrogen-bond acceptors (Lipinski definition) is 6. The van der Waals surface area contributed by atoms with Crippen molar-refractivity contribution in [2.24, 2.45) is 0 Å². The van der Waals surface area contributed by atoms with Crippen molar-refractivity contribution >= 4 is 32.5 Å². The number of halogens is 1. The van der Waals surface area contributed by atoms with Gasteiger partial charge >= 0.3 is 0 Å². The molecule has 0 aliphatic carbocycles. The lowest BCUT2D eigenvalue weighted by Gasteiger charge is -2.09. The van der Waals surface area contributed by atoms with E-state index in [0.717, 1.165) is 0 Å². The molecule has 0 unspecified atom stereocenters. The summed E-state index contributed by atoms with van der Waals surface area (Å²) in [6, 6.07) is 6.34. The van der Waals surface area contributed by atoms with Crippen molar-refractivity contribution in [3.63, 3.8) is 0 Å². The number of hydrogen-bond donors (Lipinski definition) is 1. The van der Waals surface area contributed by atoms with E-state index in [2.05, 4.69) is 19.8 Å². The van der Waals surface area contributed by atoms with Crippen molar-refractivity contribution < 1.29 is 12.9 Å². The average Bonchev–Trinajstić information content (AvgIpc) is 3.04. The molecule has 0 saturated heterocycles. The van der Waals surface area contributed by atoms with E-state index < -0.39 is 10.0 Å². The van der Waals surface area contributed by atoms with Gasteiger partial charge in [0.15, 0.2) is 5.82 Å². The van der Waals surface area contributed by atoms with Crippen molar-refractivity contribution in [3.05, 3.63) is 47.2 Å². The molecular weight excluding hydrogens is 364 g/mol. The molecular formula is C16H17ClN4O3S. The highest BCUT2D eigenvalue weighted by molar-refractivity contribution is 7.89. The largest absolute Gasteiger partial charge is 0.339 e. The molecule has 132 valence electrons. The van der Waals surface area contributed by atoms with Crippen LogP contribution in [0.1, 0.15) is 31.5 Å². The maximum Gasteiger partial charge on any atom is 0.241 e. The molecule has 0 aliphatic heterocycles. The zero-order valence-corrected chi connectivity index (χ0v) is 15.3. The first kappa shape index (κ1) is 17.8. The zero-order valence-electron chi connectivity index (χ0n) is 13.7. The minimum Gasteiger partial charge on any atom is -0.339 e. The summed E-state index contributed by atoms with van der Waals surface area (Å²) >= 11 is 6.09. The molecule has 0 atom stereocenters. The SMILES string of the molecule is CC(C)c1noc(CCNS(=O)(=O)c2ccc(Cl)c3ncccc23)n1. The van der Waals surface area contributed by atoms with E-state index in [9.17, 15) is 8.42 Å². The van der Waals surface area contributed by atoms with Crippen molar-refractivity contribution in [1.82, 2.24) is 19.8 Å². The summed E-state index contributed by atoms with van der Waals surface area (Å²) in [5.41, 5.74) is 0.450. The maximum atomic E-state index is 12.6. The monoisotopic (exact) mass is 380 g/mol. The Balaban J connectivity index is 1.77. The molecule has 1 N–H and O–H groups in total. The highest BCUT2D eigenvalue weighted by atomic mass is 35.5. The molecule has 0 radical (unpaired) electrons. The minimum absolute atomic E-state index is 0.133. The van der Waals surface area contributed by atoms with Gasteiger partial charge in [-0.1, -0.05) is 30.6 Å². The number of rotatable bonds is 6. The summed E-state index contributed by atoms with van der Waals surface area (Å²) in [6.07, 6.45) is 1.88. The van der Waals surface area contributed by atoms with Gasteiger partial charge in [-0.05, 0) is 24.3 Å². The summed E-state index contributed by atoms with van der Waals surface area (Å²) < 4.78 is 32.9. The predicted octanol–water partition coefficient (Wildman–Crippen LogP) is 2.92. The molecule has 0 fully saturated rings. The quantitative estimate of drug-likeness (QED) is 0.706. The van der Waals surface area contributed by atoms with E-state index in [1.165, 1.54) is 12.1 Å². The van der Waals surface area contributed by atoms with E-state index in [4.69, 9.17) is 16.1 Å². The third-order valence-corrected chi connectivity index (χ3v) is 5.43. The molecule has 1 aromatic carbocycles. The summed E-state index contributed by atoms with van der Waals surface area (Å²) in [5.74, 6) is 1.16. The molecule has 9 heteroatoms. The van der Waals surface area contributed by atoms with Crippen LogP contribution in [0, 0.1) is 0 Å². The van der Waals surface area contributed by atoms with Gasteiger partial charge in [0.2, 0.25) is 15.9 Å². The Morgan fingerprint density at radius 1 is 1.28 bits per heavy atom. The van der Waals surface area contributed by atoms with E-state index in [0.29, 0.717) is 34.1 Å². The Morgan fingerprint density at radius 2 is 2.08 bits per heavy atom. The molecule has 0 spiro atoms. The third kappa shape index (κ3) is 3.81. The highest BCUT2D eigenvalue weighted by Crippen LogP contribution is 2.27. The summed E-state index contributed by atoms with van der Waals surface area (Å²) in [5, 5.41) is 4.73. The van der Waals surface area contributed by atoms with Gasteiger partial charge in [-0.15, -0.1) is 0 Å². The molecule has 0 aliphatic rings. The fourth-order valence-electron chi connectivity index (χ4n) is 2.32. The van der Waals surface area contributed by atoms with Crippen LogP contribution in [-0.4, -0.2) is 30.1 Å². The van der Waals surface area contributed by atoms with Crippen LogP contribution in [0.25, 0.3) is 10.9 Å². The summed E-state index contributed by atoms with van der Waals surface area (Å²) in [7, 11) is -3.72. The lowest BCUT2D eigenvalue weighted by Crippen LogP contribution is -2.26. The Hall–Kier alpha value is -2.03. The first-order chi connectivity index (χ1) is 11.9. The average molecular weight is 381 g/mol. The third-order valence-electron chi connectivity index (χ3n) is 3.60. The lowest BCUT2D eigenvalue weighted by molar-refractivity contribution is 0.371. The second-order valence-corrected chi connectivity index (χ2v) is 7.94. The van der Waals surface area contributed by atoms with Crippen molar-refractivity contribution in [3.8, 4) is 0 Å². The van der Waals surface area contributed by atoms with Gasteiger partial charge in [-0.2, -0.15) is 4.98 Å². The van der Waals surface area contributed by atoms with Crippen LogP contribution in [0.5, 0.6) is 0 Å². The highest BCUT2D eigenvalue weighted by Gasteiger charge is 2.19. The zero-order chi connectivity index (χ0) is 18.0. The van der Waals surface area contributed by atoms with Crippen LogP contribution in [0.3, 0.4) is 0 Å². The van der Waals surface area contributed by atoms with Crippen LogP contribution >= 0.6 is 11.6 Å². The molecule has 2 heterocycles. The molecule has 0 saturated carbocycles. The van der Waals surface area contributed by atoms with Gasteiger partial charge < -0.3 is 4.52 Å². The van der Waals surface area contributed by atoms with Gasteiger partial charge in [-0.25, -0.2) is 13.1 Å². The van der Waals surface area contributed by atoms with E-state index in [1.807, 2.05) is 13.8 Å². The molecule has 3 rings (SSSR count). The van der Waals surface area contributed by atoms with E-state index in [1.54, 1.807) is 18.3 Å². The number of sulfonamides is 1. The summed E-state index contributed by atoms with van der Waals surface area (Å²) in [6.45, 7) is 4.06. The number of pyridine rings is 1. The van der Waals surface area contributed by atoms with Crippen molar-refractivity contribution in [2.75, 3.05) is 6.54 Å².